The van der Waals surface area contributed by atoms with Crippen LogP contribution in [-0.4, -0.2) is 18.5 Å². The van der Waals surface area contributed by atoms with E-state index in [2.05, 4.69) is 26.1 Å². The lowest BCUT2D eigenvalue weighted by Crippen LogP contribution is -2.25. The van der Waals surface area contributed by atoms with Crippen LogP contribution in [-0.2, 0) is 0 Å². The summed E-state index contributed by atoms with van der Waals surface area (Å²) in [6.45, 7) is 10.7. The molecule has 0 aliphatic heterocycles. The van der Waals surface area contributed by atoms with E-state index in [0.717, 1.165) is 13.1 Å². The molecule has 1 nitrogen and oxygen atoms in total. The van der Waals surface area contributed by atoms with Crippen molar-refractivity contribution in [3.8, 4) is 0 Å². The van der Waals surface area contributed by atoms with Crippen LogP contribution in [0.5, 0.6) is 0 Å². The van der Waals surface area contributed by atoms with Crippen LogP contribution in [0, 0.1) is 5.41 Å². The summed E-state index contributed by atoms with van der Waals surface area (Å²) in [6.07, 6.45) is 1.20. The van der Waals surface area contributed by atoms with Crippen LogP contribution in [0.15, 0.2) is 0 Å². The van der Waals surface area contributed by atoms with Crippen LogP contribution < -0.4 is 5.32 Å². The highest BCUT2D eigenvalue weighted by Gasteiger charge is 2.08. The highest BCUT2D eigenvalue weighted by Crippen LogP contribution is 2.16. The fraction of sp³-hybridized carbons (Fsp3) is 1.00. The Morgan fingerprint density at radius 2 is 1.91 bits per heavy atom. The lowest BCUT2D eigenvalue weighted by Gasteiger charge is -2.18. The van der Waals surface area contributed by atoms with E-state index in [-0.39, 0.29) is 5.38 Å². The van der Waals surface area contributed by atoms with Gasteiger partial charge in [-0.15, -0.1) is 11.6 Å². The van der Waals surface area contributed by atoms with E-state index >= 15 is 0 Å². The Balaban J connectivity index is 3.15. The SMILES string of the molecule is CC(Cl)CNCCC(C)(C)C. The van der Waals surface area contributed by atoms with E-state index in [0.29, 0.717) is 5.41 Å². The Bertz CT molecular complexity index is 94.2. The number of rotatable bonds is 4. The van der Waals surface area contributed by atoms with Crippen molar-refractivity contribution in [2.24, 2.45) is 5.41 Å². The predicted molar refractivity (Wildman–Crippen MR) is 52.3 cm³/mol. The molecule has 0 aliphatic rings. The molecule has 0 aromatic carbocycles. The molecule has 0 radical (unpaired) electrons. The zero-order valence-corrected chi connectivity index (χ0v) is 8.83. The molecule has 0 saturated carbocycles. The van der Waals surface area contributed by atoms with Gasteiger partial charge < -0.3 is 5.32 Å². The summed E-state index contributed by atoms with van der Waals surface area (Å²) in [5.74, 6) is 0. The fourth-order valence-corrected chi connectivity index (χ4v) is 0.873. The van der Waals surface area contributed by atoms with Gasteiger partial charge in [0.2, 0.25) is 0 Å². The van der Waals surface area contributed by atoms with Gasteiger partial charge in [0.15, 0.2) is 0 Å². The molecule has 0 aromatic rings. The predicted octanol–water partition coefficient (Wildman–Crippen LogP) is 2.64. The first-order valence-corrected chi connectivity index (χ1v) is 4.70. The number of hydrogen-bond acceptors (Lipinski definition) is 1. The first kappa shape index (κ1) is 11.2. The Labute approximate surface area is 75.5 Å². The van der Waals surface area contributed by atoms with Gasteiger partial charge in [0.1, 0.15) is 0 Å². The standard InChI is InChI=1S/C9H20ClN/c1-8(10)7-11-6-5-9(2,3)4/h8,11H,5-7H2,1-4H3. The molecule has 1 atom stereocenters. The summed E-state index contributed by atoms with van der Waals surface area (Å²) in [5.41, 5.74) is 0.433. The van der Waals surface area contributed by atoms with Gasteiger partial charge in [-0.2, -0.15) is 0 Å². The van der Waals surface area contributed by atoms with Gasteiger partial charge in [-0.25, -0.2) is 0 Å². The molecule has 68 valence electrons. The quantitative estimate of drug-likeness (QED) is 0.515. The second kappa shape index (κ2) is 5.00. The molecule has 0 fully saturated rings. The molecule has 11 heavy (non-hydrogen) atoms. The molecule has 0 heterocycles. The second-order valence-electron chi connectivity index (χ2n) is 4.30. The first-order chi connectivity index (χ1) is 4.92. The number of halogens is 1. The Morgan fingerprint density at radius 3 is 2.27 bits per heavy atom. The van der Waals surface area contributed by atoms with E-state index < -0.39 is 0 Å². The van der Waals surface area contributed by atoms with E-state index in [4.69, 9.17) is 11.6 Å². The zero-order chi connectivity index (χ0) is 8.91. The second-order valence-corrected chi connectivity index (χ2v) is 5.04. The van der Waals surface area contributed by atoms with Gasteiger partial charge >= 0.3 is 0 Å². The normalized spacial score (nSPS) is 15.0. The van der Waals surface area contributed by atoms with Gasteiger partial charge in [0.05, 0.1) is 0 Å². The Hall–Kier alpha value is 0.250. The largest absolute Gasteiger partial charge is 0.315 e. The minimum absolute atomic E-state index is 0.245. The maximum atomic E-state index is 5.77. The summed E-state index contributed by atoms with van der Waals surface area (Å²) in [5, 5.41) is 3.55. The molecule has 1 unspecified atom stereocenters. The van der Waals surface area contributed by atoms with Crippen molar-refractivity contribution < 1.29 is 0 Å². The van der Waals surface area contributed by atoms with Crippen molar-refractivity contribution in [3.63, 3.8) is 0 Å². The molecular formula is C9H20ClN. The summed E-state index contributed by atoms with van der Waals surface area (Å²) in [7, 11) is 0. The third-order valence-electron chi connectivity index (χ3n) is 1.48. The van der Waals surface area contributed by atoms with E-state index in [1.165, 1.54) is 6.42 Å². The summed E-state index contributed by atoms with van der Waals surface area (Å²) < 4.78 is 0. The molecular weight excluding hydrogens is 158 g/mol. The van der Waals surface area contributed by atoms with Gasteiger partial charge in [-0.3, -0.25) is 0 Å². The van der Waals surface area contributed by atoms with Crippen molar-refractivity contribution in [1.29, 1.82) is 0 Å². The van der Waals surface area contributed by atoms with Crippen LogP contribution in [0.3, 0.4) is 0 Å². The van der Waals surface area contributed by atoms with Crippen LogP contribution in [0.4, 0.5) is 0 Å². The molecule has 2 heteroatoms. The van der Waals surface area contributed by atoms with Crippen molar-refractivity contribution in [1.82, 2.24) is 5.32 Å². The lowest BCUT2D eigenvalue weighted by atomic mass is 9.92. The Kier molecular flexibility index (Phi) is 5.11. The maximum absolute atomic E-state index is 5.77. The topological polar surface area (TPSA) is 12.0 Å². The summed E-state index contributed by atoms with van der Waals surface area (Å²) >= 11 is 5.77. The van der Waals surface area contributed by atoms with E-state index in [1.807, 2.05) is 6.92 Å². The zero-order valence-electron chi connectivity index (χ0n) is 8.08. The van der Waals surface area contributed by atoms with Crippen LogP contribution in [0.1, 0.15) is 34.1 Å². The van der Waals surface area contributed by atoms with Crippen molar-refractivity contribution in [2.45, 2.75) is 39.5 Å². The van der Waals surface area contributed by atoms with Crippen LogP contribution in [0.25, 0.3) is 0 Å². The molecule has 0 bridgehead atoms. The number of alkyl halides is 1. The lowest BCUT2D eigenvalue weighted by molar-refractivity contribution is 0.367. The van der Waals surface area contributed by atoms with Crippen LogP contribution >= 0.6 is 11.6 Å². The smallest absolute Gasteiger partial charge is 0.0432 e. The number of hydrogen-bond donors (Lipinski definition) is 1. The monoisotopic (exact) mass is 177 g/mol. The summed E-state index contributed by atoms with van der Waals surface area (Å²) in [6, 6.07) is 0. The molecule has 0 aliphatic carbocycles. The minimum atomic E-state index is 0.245. The molecule has 0 rings (SSSR count). The summed E-state index contributed by atoms with van der Waals surface area (Å²) in [4.78, 5) is 0. The molecule has 0 amide bonds. The highest BCUT2D eigenvalue weighted by atomic mass is 35.5. The van der Waals surface area contributed by atoms with E-state index in [1.54, 1.807) is 0 Å². The van der Waals surface area contributed by atoms with Crippen molar-refractivity contribution in [2.75, 3.05) is 13.1 Å². The average molecular weight is 178 g/mol. The van der Waals surface area contributed by atoms with E-state index in [9.17, 15) is 0 Å². The van der Waals surface area contributed by atoms with Gasteiger partial charge in [0, 0.05) is 11.9 Å². The van der Waals surface area contributed by atoms with Gasteiger partial charge in [-0.05, 0) is 25.3 Å². The highest BCUT2D eigenvalue weighted by molar-refractivity contribution is 6.20. The number of nitrogens with one attached hydrogen (secondary N) is 1. The molecule has 0 spiro atoms. The van der Waals surface area contributed by atoms with Gasteiger partial charge in [-0.1, -0.05) is 20.8 Å². The Morgan fingerprint density at radius 1 is 1.36 bits per heavy atom. The van der Waals surface area contributed by atoms with Crippen LogP contribution in [0.2, 0.25) is 0 Å². The average Bonchev–Trinajstić information content (AvgIpc) is 1.78. The van der Waals surface area contributed by atoms with Crippen molar-refractivity contribution >= 4 is 11.6 Å². The van der Waals surface area contributed by atoms with Crippen molar-refractivity contribution in [3.05, 3.63) is 0 Å². The first-order valence-electron chi connectivity index (χ1n) is 4.26. The third-order valence-corrected chi connectivity index (χ3v) is 1.63. The molecule has 1 N–H and O–H groups in total. The third kappa shape index (κ3) is 10.2. The molecule has 0 aromatic heterocycles. The fourth-order valence-electron chi connectivity index (χ4n) is 0.764. The van der Waals surface area contributed by atoms with Gasteiger partial charge in [0.25, 0.3) is 0 Å². The molecule has 0 saturated heterocycles. The minimum Gasteiger partial charge on any atom is -0.315 e. The maximum Gasteiger partial charge on any atom is 0.0432 e.